The molecule has 2 aliphatic rings. The monoisotopic (exact) mass is 547 g/mol. The molecule has 0 amide bonds. The highest BCUT2D eigenvalue weighted by Crippen LogP contribution is 2.42. The lowest BCUT2D eigenvalue weighted by Gasteiger charge is -2.35. The summed E-state index contributed by atoms with van der Waals surface area (Å²) in [5.41, 5.74) is 3.52. The summed E-state index contributed by atoms with van der Waals surface area (Å²) in [7, 11) is 0.554. The number of nitrogens with zero attached hydrogens (tertiary/aromatic N) is 5. The number of hydrogen-bond acceptors (Lipinski definition) is 7. The van der Waals surface area contributed by atoms with Crippen molar-refractivity contribution >= 4 is 43.1 Å². The van der Waals surface area contributed by atoms with Crippen LogP contribution in [-0.2, 0) is 22.9 Å². The molecule has 0 saturated carbocycles. The van der Waals surface area contributed by atoms with Crippen LogP contribution in [0.4, 0.5) is 11.5 Å². The number of hydrogen-bond donors (Lipinski definition) is 0. The van der Waals surface area contributed by atoms with E-state index in [0.29, 0.717) is 37.0 Å². The number of benzene rings is 2. The van der Waals surface area contributed by atoms with Gasteiger partial charge in [0.2, 0.25) is 10.0 Å². The van der Waals surface area contributed by atoms with Gasteiger partial charge in [0.25, 0.3) is 0 Å². The second kappa shape index (κ2) is 9.94. The predicted octanol–water partition coefficient (Wildman–Crippen LogP) is 5.06. The molecule has 38 heavy (non-hydrogen) atoms. The molecule has 2 aromatic heterocycles. The van der Waals surface area contributed by atoms with Crippen molar-refractivity contribution in [2.45, 2.75) is 31.1 Å². The number of piperazine rings is 1. The molecule has 1 saturated heterocycles. The first-order valence-electron chi connectivity index (χ1n) is 13.2. The summed E-state index contributed by atoms with van der Waals surface area (Å²) in [5.74, 6) is 2.35. The van der Waals surface area contributed by atoms with E-state index in [0.717, 1.165) is 40.6 Å². The minimum absolute atomic E-state index is 0.349. The molecule has 198 valence electrons. The lowest BCUT2D eigenvalue weighted by molar-refractivity contribution is 0.384. The van der Waals surface area contributed by atoms with Gasteiger partial charge >= 0.3 is 0 Å². The van der Waals surface area contributed by atoms with Crippen LogP contribution in [0.3, 0.4) is 0 Å². The minimum atomic E-state index is -3.51. The highest BCUT2D eigenvalue weighted by atomic mass is 32.2. The molecule has 9 heteroatoms. The van der Waals surface area contributed by atoms with Crippen molar-refractivity contribution in [3.05, 3.63) is 65.0 Å². The van der Waals surface area contributed by atoms with Crippen LogP contribution in [0.15, 0.2) is 59.5 Å². The first-order chi connectivity index (χ1) is 18.3. The number of thiophene rings is 1. The molecule has 0 N–H and O–H groups in total. The molecule has 6 rings (SSSR count). The Hall–Kier alpha value is -3.01. The molecule has 3 heterocycles. The minimum Gasteiger partial charge on any atom is -0.378 e. The summed E-state index contributed by atoms with van der Waals surface area (Å²) in [6.45, 7) is 4.37. The van der Waals surface area contributed by atoms with E-state index in [1.165, 1.54) is 22.2 Å². The van der Waals surface area contributed by atoms with Crippen LogP contribution in [0.25, 0.3) is 21.6 Å². The Morgan fingerprint density at radius 1 is 0.947 bits per heavy atom. The zero-order valence-electron chi connectivity index (χ0n) is 22.1. The van der Waals surface area contributed by atoms with Crippen molar-refractivity contribution in [3.63, 3.8) is 0 Å². The average molecular weight is 548 g/mol. The number of fused-ring (bicyclic) bond motifs is 3. The maximum atomic E-state index is 13.2. The number of sulfonamides is 1. The Bertz CT molecular complexity index is 1560. The first-order valence-corrected chi connectivity index (χ1v) is 15.5. The van der Waals surface area contributed by atoms with Gasteiger partial charge in [-0.15, -0.1) is 11.3 Å². The average Bonchev–Trinajstić information content (AvgIpc) is 3.30. The first kappa shape index (κ1) is 25.3. The van der Waals surface area contributed by atoms with Gasteiger partial charge in [0.15, 0.2) is 5.82 Å². The van der Waals surface area contributed by atoms with Crippen LogP contribution < -0.4 is 9.80 Å². The maximum Gasteiger partial charge on any atom is 0.243 e. The van der Waals surface area contributed by atoms with E-state index >= 15 is 0 Å². The summed E-state index contributed by atoms with van der Waals surface area (Å²) >= 11 is 1.81. The van der Waals surface area contributed by atoms with Gasteiger partial charge in [-0.1, -0.05) is 25.1 Å². The lowest BCUT2D eigenvalue weighted by Crippen LogP contribution is -2.49. The molecular weight excluding hydrogens is 514 g/mol. The van der Waals surface area contributed by atoms with Gasteiger partial charge in [-0.2, -0.15) is 4.31 Å². The quantitative estimate of drug-likeness (QED) is 0.348. The van der Waals surface area contributed by atoms with Crippen LogP contribution in [0.1, 0.15) is 23.8 Å². The lowest BCUT2D eigenvalue weighted by atomic mass is 9.89. The fourth-order valence-electron chi connectivity index (χ4n) is 5.47. The third kappa shape index (κ3) is 4.57. The Kier molecular flexibility index (Phi) is 6.62. The highest BCUT2D eigenvalue weighted by molar-refractivity contribution is 7.89. The van der Waals surface area contributed by atoms with Gasteiger partial charge in [-0.05, 0) is 67.1 Å². The maximum absolute atomic E-state index is 13.2. The standard InChI is InChI=1S/C29H33N5O2S2/c1-20-9-14-24-25(19-20)37-29-26(24)28(30-27(31-29)21-10-12-22(13-11-21)32(2)3)33-15-17-34(18-16-33)38(35,36)23-7-5-4-6-8-23/h4-8,10-13,20H,9,14-19H2,1-3H3/t20-/m1/s1. The molecule has 1 fully saturated rings. The molecule has 7 nitrogen and oxygen atoms in total. The van der Waals surface area contributed by atoms with Crippen molar-refractivity contribution in [1.29, 1.82) is 0 Å². The topological polar surface area (TPSA) is 69.6 Å². The van der Waals surface area contributed by atoms with Gasteiger partial charge in [0, 0.05) is 56.4 Å². The highest BCUT2D eigenvalue weighted by Gasteiger charge is 2.31. The summed E-state index contributed by atoms with van der Waals surface area (Å²) in [6.07, 6.45) is 3.31. The van der Waals surface area contributed by atoms with Crippen molar-refractivity contribution in [1.82, 2.24) is 14.3 Å². The molecular formula is C29H33N5O2S2. The van der Waals surface area contributed by atoms with E-state index < -0.39 is 10.0 Å². The van der Waals surface area contributed by atoms with Crippen LogP contribution in [-0.4, -0.2) is 63.0 Å². The van der Waals surface area contributed by atoms with E-state index in [9.17, 15) is 8.42 Å². The normalized spacial score (nSPS) is 18.5. The van der Waals surface area contributed by atoms with E-state index in [2.05, 4.69) is 41.0 Å². The van der Waals surface area contributed by atoms with E-state index in [1.807, 2.05) is 31.5 Å². The third-order valence-electron chi connectivity index (χ3n) is 7.70. The smallest absolute Gasteiger partial charge is 0.243 e. The van der Waals surface area contributed by atoms with Gasteiger partial charge in [0.1, 0.15) is 10.6 Å². The van der Waals surface area contributed by atoms with Gasteiger partial charge in [0.05, 0.1) is 10.3 Å². The fourth-order valence-corrected chi connectivity index (χ4v) is 8.29. The summed E-state index contributed by atoms with van der Waals surface area (Å²) in [6, 6.07) is 17.1. The Morgan fingerprint density at radius 3 is 2.34 bits per heavy atom. The van der Waals surface area contributed by atoms with Crippen LogP contribution in [0.2, 0.25) is 0 Å². The molecule has 4 aromatic rings. The SMILES string of the molecule is C[C@@H]1CCc2c(sc3nc(-c4ccc(N(C)C)cc4)nc(N4CCN(S(=O)(=O)c5ccccc5)CC4)c23)C1. The van der Waals surface area contributed by atoms with Crippen molar-refractivity contribution < 1.29 is 8.42 Å². The summed E-state index contributed by atoms with van der Waals surface area (Å²) in [5, 5.41) is 1.17. The largest absolute Gasteiger partial charge is 0.378 e. The van der Waals surface area contributed by atoms with Gasteiger partial charge in [-0.3, -0.25) is 0 Å². The molecule has 0 radical (unpaired) electrons. The van der Waals surface area contributed by atoms with Crippen molar-refractivity contribution in [2.24, 2.45) is 5.92 Å². The van der Waals surface area contributed by atoms with Gasteiger partial charge < -0.3 is 9.80 Å². The van der Waals surface area contributed by atoms with Gasteiger partial charge in [-0.25, -0.2) is 18.4 Å². The fraction of sp³-hybridized carbons (Fsp3) is 0.379. The third-order valence-corrected chi connectivity index (χ3v) is 10.8. The number of rotatable bonds is 5. The van der Waals surface area contributed by atoms with E-state index in [-0.39, 0.29) is 0 Å². The second-order valence-electron chi connectivity index (χ2n) is 10.5. The van der Waals surface area contributed by atoms with Crippen molar-refractivity contribution in [2.75, 3.05) is 50.1 Å². The van der Waals surface area contributed by atoms with Crippen LogP contribution in [0.5, 0.6) is 0 Å². The zero-order valence-corrected chi connectivity index (χ0v) is 23.7. The Labute approximate surface area is 228 Å². The van der Waals surface area contributed by atoms with E-state index in [1.54, 1.807) is 28.6 Å². The van der Waals surface area contributed by atoms with Crippen LogP contribution in [0, 0.1) is 5.92 Å². The zero-order chi connectivity index (χ0) is 26.4. The Morgan fingerprint density at radius 2 is 1.66 bits per heavy atom. The number of anilines is 2. The number of aromatic nitrogens is 2. The molecule has 0 unspecified atom stereocenters. The molecule has 2 aromatic carbocycles. The summed E-state index contributed by atoms with van der Waals surface area (Å²) < 4.78 is 28.0. The molecule has 1 aliphatic carbocycles. The molecule has 1 atom stereocenters. The molecule has 0 bridgehead atoms. The predicted molar refractivity (Wildman–Crippen MR) is 156 cm³/mol. The van der Waals surface area contributed by atoms with E-state index in [4.69, 9.17) is 9.97 Å². The number of aryl methyl sites for hydroxylation is 1. The Balaban J connectivity index is 1.37. The summed E-state index contributed by atoms with van der Waals surface area (Å²) in [4.78, 5) is 17.4. The second-order valence-corrected chi connectivity index (χ2v) is 13.6. The molecule has 0 spiro atoms. The van der Waals surface area contributed by atoms with Crippen molar-refractivity contribution in [3.8, 4) is 11.4 Å². The van der Waals surface area contributed by atoms with Crippen LogP contribution >= 0.6 is 11.3 Å². The molecule has 1 aliphatic heterocycles.